The molecule has 0 bridgehead atoms. The van der Waals surface area contributed by atoms with Gasteiger partial charge in [0.1, 0.15) is 17.5 Å². The lowest BCUT2D eigenvalue weighted by molar-refractivity contribution is -0.122. The van der Waals surface area contributed by atoms with Crippen molar-refractivity contribution in [2.45, 2.75) is 38.8 Å². The Morgan fingerprint density at radius 1 is 1.33 bits per heavy atom. The smallest absolute Gasteiger partial charge is 0.243 e. The Morgan fingerprint density at radius 2 is 2.15 bits per heavy atom. The predicted molar refractivity (Wildman–Crippen MR) is 106 cm³/mol. The Bertz CT molecular complexity index is 981. The van der Waals surface area contributed by atoms with Gasteiger partial charge in [-0.2, -0.15) is 0 Å². The minimum atomic E-state index is -0.354. The maximum Gasteiger partial charge on any atom is 0.243 e. The quantitative estimate of drug-likeness (QED) is 0.605. The van der Waals surface area contributed by atoms with E-state index in [9.17, 15) is 4.79 Å². The van der Waals surface area contributed by atoms with Gasteiger partial charge in [-0.3, -0.25) is 4.79 Å². The number of halogens is 1. The number of H-pyrrole nitrogens is 1. The van der Waals surface area contributed by atoms with E-state index in [1.165, 1.54) is 0 Å². The third-order valence-corrected chi connectivity index (χ3v) is 4.78. The molecule has 0 saturated heterocycles. The van der Waals surface area contributed by atoms with Crippen LogP contribution < -0.4 is 10.6 Å². The monoisotopic (exact) mass is 384 g/mol. The van der Waals surface area contributed by atoms with Crippen molar-refractivity contribution in [2.75, 3.05) is 5.32 Å². The molecule has 3 aromatic heterocycles. The zero-order chi connectivity index (χ0) is 19.0. The van der Waals surface area contributed by atoms with Crippen molar-refractivity contribution < 1.29 is 4.79 Å². The summed E-state index contributed by atoms with van der Waals surface area (Å²) in [6.45, 7) is 4.03. The zero-order valence-corrected chi connectivity index (χ0v) is 15.9. The average Bonchev–Trinajstić information content (AvgIpc) is 3.36. The van der Waals surface area contributed by atoms with Crippen LogP contribution in [-0.2, 0) is 4.79 Å². The fraction of sp³-hybridized carbons (Fsp3) is 0.368. The minimum absolute atomic E-state index is 0.00994. The lowest BCUT2D eigenvalue weighted by atomic mass is 10.0. The van der Waals surface area contributed by atoms with Gasteiger partial charge in [0.2, 0.25) is 5.91 Å². The van der Waals surface area contributed by atoms with Crippen LogP contribution in [0.4, 0.5) is 5.82 Å². The molecule has 0 aromatic carbocycles. The van der Waals surface area contributed by atoms with E-state index < -0.39 is 0 Å². The summed E-state index contributed by atoms with van der Waals surface area (Å²) in [5.74, 6) is 1.28. The molecule has 1 saturated carbocycles. The summed E-state index contributed by atoms with van der Waals surface area (Å²) in [5.41, 5.74) is 1.53. The number of rotatable bonds is 6. The number of hydrogen-bond acceptors (Lipinski definition) is 5. The van der Waals surface area contributed by atoms with E-state index in [1.54, 1.807) is 18.5 Å². The van der Waals surface area contributed by atoms with E-state index in [1.807, 2.05) is 26.1 Å². The normalized spacial score (nSPS) is 15.1. The van der Waals surface area contributed by atoms with Gasteiger partial charge in [0, 0.05) is 35.6 Å². The van der Waals surface area contributed by atoms with Gasteiger partial charge in [-0.25, -0.2) is 15.0 Å². The molecule has 8 heteroatoms. The summed E-state index contributed by atoms with van der Waals surface area (Å²) in [6.07, 6.45) is 7.20. The topological polar surface area (TPSA) is 95.6 Å². The Hall–Kier alpha value is -2.67. The van der Waals surface area contributed by atoms with Gasteiger partial charge >= 0.3 is 0 Å². The van der Waals surface area contributed by atoms with Crippen molar-refractivity contribution in [1.82, 2.24) is 25.3 Å². The maximum atomic E-state index is 12.5. The lowest BCUT2D eigenvalue weighted by Crippen LogP contribution is -2.44. The van der Waals surface area contributed by atoms with Crippen LogP contribution in [0.2, 0.25) is 5.02 Å². The highest BCUT2D eigenvalue weighted by atomic mass is 35.5. The van der Waals surface area contributed by atoms with Crippen LogP contribution in [0.5, 0.6) is 0 Å². The van der Waals surface area contributed by atoms with E-state index in [0.29, 0.717) is 22.7 Å². The van der Waals surface area contributed by atoms with E-state index in [-0.39, 0.29) is 17.9 Å². The van der Waals surface area contributed by atoms with Gasteiger partial charge < -0.3 is 15.6 Å². The van der Waals surface area contributed by atoms with E-state index >= 15 is 0 Å². The highest BCUT2D eigenvalue weighted by molar-refractivity contribution is 6.31. The number of aromatic amines is 1. The number of anilines is 1. The Morgan fingerprint density at radius 3 is 2.89 bits per heavy atom. The van der Waals surface area contributed by atoms with Crippen LogP contribution in [0.3, 0.4) is 0 Å². The number of fused-ring (bicyclic) bond motifs is 1. The van der Waals surface area contributed by atoms with Crippen LogP contribution in [-0.4, -0.2) is 37.9 Å². The number of hydrogen-bond donors (Lipinski definition) is 3. The molecule has 140 valence electrons. The molecule has 3 N–H and O–H groups in total. The molecule has 4 rings (SSSR count). The lowest BCUT2D eigenvalue weighted by Gasteiger charge is -2.22. The Kier molecular flexibility index (Phi) is 4.70. The summed E-state index contributed by atoms with van der Waals surface area (Å²) in [7, 11) is 0. The number of pyridine rings is 1. The molecule has 0 aliphatic heterocycles. The molecule has 0 unspecified atom stereocenters. The first kappa shape index (κ1) is 17.7. The Labute approximate surface area is 162 Å². The van der Waals surface area contributed by atoms with Crippen LogP contribution in [0.25, 0.3) is 22.4 Å². The average molecular weight is 385 g/mol. The molecule has 27 heavy (non-hydrogen) atoms. The summed E-state index contributed by atoms with van der Waals surface area (Å²) in [5, 5.41) is 7.72. The van der Waals surface area contributed by atoms with Gasteiger partial charge in [-0.15, -0.1) is 0 Å². The summed E-state index contributed by atoms with van der Waals surface area (Å²) in [4.78, 5) is 28.9. The fourth-order valence-corrected chi connectivity index (χ4v) is 3.10. The van der Waals surface area contributed by atoms with E-state index in [4.69, 9.17) is 11.6 Å². The van der Waals surface area contributed by atoms with Crippen LogP contribution in [0, 0.1) is 5.92 Å². The molecular weight excluding hydrogens is 364 g/mol. The zero-order valence-electron chi connectivity index (χ0n) is 15.2. The molecule has 3 heterocycles. The summed E-state index contributed by atoms with van der Waals surface area (Å²) < 4.78 is 0. The molecule has 3 aromatic rings. The molecule has 1 fully saturated rings. The highest BCUT2D eigenvalue weighted by Crippen LogP contribution is 2.28. The maximum absolute atomic E-state index is 12.5. The first-order valence-electron chi connectivity index (χ1n) is 9.04. The van der Waals surface area contributed by atoms with Gasteiger partial charge in [-0.05, 0) is 30.9 Å². The third-order valence-electron chi connectivity index (χ3n) is 4.57. The van der Waals surface area contributed by atoms with Crippen molar-refractivity contribution in [3.63, 3.8) is 0 Å². The van der Waals surface area contributed by atoms with Crippen LogP contribution in [0.15, 0.2) is 30.7 Å². The van der Waals surface area contributed by atoms with Crippen molar-refractivity contribution in [2.24, 2.45) is 5.92 Å². The molecule has 7 nitrogen and oxygen atoms in total. The van der Waals surface area contributed by atoms with E-state index in [0.717, 1.165) is 29.4 Å². The number of nitrogens with one attached hydrogen (secondary N) is 3. The van der Waals surface area contributed by atoms with Gasteiger partial charge in [0.25, 0.3) is 0 Å². The van der Waals surface area contributed by atoms with Crippen molar-refractivity contribution in [1.29, 1.82) is 0 Å². The largest absolute Gasteiger partial charge is 0.358 e. The second-order valence-electron chi connectivity index (χ2n) is 7.17. The number of carbonyl (C=O) groups is 1. The molecule has 1 aliphatic carbocycles. The van der Waals surface area contributed by atoms with Crippen LogP contribution in [0.1, 0.15) is 26.7 Å². The number of aromatic nitrogens is 4. The summed E-state index contributed by atoms with van der Waals surface area (Å²) >= 11 is 6.08. The first-order valence-corrected chi connectivity index (χ1v) is 9.42. The SMILES string of the molecule is CC(C)[C@@H](Nc1ccnc(-c2c[nH]c3ncc(Cl)cc23)n1)C(=O)NC1CC1. The number of carbonyl (C=O) groups excluding carboxylic acids is 1. The van der Waals surface area contributed by atoms with Crippen molar-refractivity contribution >= 4 is 34.4 Å². The molecule has 1 atom stereocenters. The standard InChI is InChI=1S/C19H21ClN6O/c1-10(2)16(19(27)24-12-3-4-12)25-15-5-6-21-18(26-15)14-9-23-17-13(14)7-11(20)8-22-17/h5-10,12,16H,3-4H2,1-2H3,(H,22,23)(H,24,27)(H,21,25,26)/t16-/m1/s1. The van der Waals surface area contributed by atoms with Crippen molar-refractivity contribution in [3.8, 4) is 11.4 Å². The first-order chi connectivity index (χ1) is 13.0. The summed E-state index contributed by atoms with van der Waals surface area (Å²) in [6, 6.07) is 3.57. The molecule has 0 spiro atoms. The van der Waals surface area contributed by atoms with Crippen LogP contribution >= 0.6 is 11.6 Å². The fourth-order valence-electron chi connectivity index (χ4n) is 2.94. The van der Waals surface area contributed by atoms with Crippen molar-refractivity contribution in [3.05, 3.63) is 35.7 Å². The second-order valence-corrected chi connectivity index (χ2v) is 7.60. The molecule has 1 amide bonds. The molecule has 0 radical (unpaired) electrons. The van der Waals surface area contributed by atoms with Gasteiger partial charge in [-0.1, -0.05) is 25.4 Å². The highest BCUT2D eigenvalue weighted by Gasteiger charge is 2.29. The third kappa shape index (κ3) is 3.88. The van der Waals surface area contributed by atoms with E-state index in [2.05, 4.69) is 30.6 Å². The molecular formula is C19H21ClN6O. The number of nitrogens with zero attached hydrogens (tertiary/aromatic N) is 3. The van der Waals surface area contributed by atoms with Gasteiger partial charge in [0.15, 0.2) is 5.82 Å². The predicted octanol–water partition coefficient (Wildman–Crippen LogP) is 3.39. The minimum Gasteiger partial charge on any atom is -0.358 e. The Balaban J connectivity index is 1.61. The second kappa shape index (κ2) is 7.15. The number of amides is 1. The molecule has 1 aliphatic rings. The van der Waals surface area contributed by atoms with Gasteiger partial charge in [0.05, 0.1) is 5.02 Å².